The number of anilines is 1. The monoisotopic (exact) mass is 451 g/mol. The van der Waals surface area contributed by atoms with Crippen molar-refractivity contribution in [2.75, 3.05) is 38.5 Å². The lowest BCUT2D eigenvalue weighted by atomic mass is 9.85. The van der Waals surface area contributed by atoms with E-state index in [4.69, 9.17) is 14.5 Å². The van der Waals surface area contributed by atoms with Gasteiger partial charge in [0.2, 0.25) is 0 Å². The highest BCUT2D eigenvalue weighted by atomic mass is 32.2. The second-order valence-electron chi connectivity index (χ2n) is 9.25. The lowest BCUT2D eigenvalue weighted by Crippen LogP contribution is -2.35. The number of imidazole rings is 1. The molecular weight excluding hydrogens is 418 g/mol. The molecule has 5 rings (SSSR count). The number of hydrogen-bond donors (Lipinski definition) is 0. The van der Waals surface area contributed by atoms with E-state index < -0.39 is 0 Å². The maximum atomic E-state index is 5.79. The van der Waals surface area contributed by atoms with Crippen LogP contribution in [0.3, 0.4) is 0 Å². The lowest BCUT2D eigenvalue weighted by Gasteiger charge is -2.34. The van der Waals surface area contributed by atoms with E-state index in [1.165, 1.54) is 37.9 Å². The summed E-state index contributed by atoms with van der Waals surface area (Å²) in [7, 11) is 3.44. The Morgan fingerprint density at radius 1 is 1.06 bits per heavy atom. The van der Waals surface area contributed by atoms with Crippen molar-refractivity contribution >= 4 is 23.2 Å². The zero-order chi connectivity index (χ0) is 22.2. The third-order valence-corrected chi connectivity index (χ3v) is 7.55. The van der Waals surface area contributed by atoms with Gasteiger partial charge in [-0.1, -0.05) is 6.42 Å². The van der Waals surface area contributed by atoms with Crippen LogP contribution in [-0.2, 0) is 0 Å². The van der Waals surface area contributed by atoms with Crippen molar-refractivity contribution < 1.29 is 9.47 Å². The molecule has 2 heterocycles. The fourth-order valence-corrected chi connectivity index (χ4v) is 5.40. The predicted octanol–water partition coefficient (Wildman–Crippen LogP) is 6.07. The van der Waals surface area contributed by atoms with Crippen LogP contribution in [-0.4, -0.2) is 42.9 Å². The number of nitrogens with zero attached hydrogens (tertiary/aromatic N) is 3. The number of aryl methyl sites for hydroxylation is 1. The van der Waals surface area contributed by atoms with E-state index in [-0.39, 0.29) is 0 Å². The van der Waals surface area contributed by atoms with Gasteiger partial charge in [-0.25, -0.2) is 4.98 Å². The molecule has 2 aliphatic rings. The summed E-state index contributed by atoms with van der Waals surface area (Å²) in [4.78, 5) is 7.78. The van der Waals surface area contributed by atoms with Crippen LogP contribution >= 0.6 is 11.8 Å². The van der Waals surface area contributed by atoms with Gasteiger partial charge in [0.25, 0.3) is 0 Å². The first-order valence-electron chi connectivity index (χ1n) is 11.7. The molecule has 0 bridgehead atoms. The number of benzene rings is 1. The first-order valence-corrected chi connectivity index (χ1v) is 12.9. The van der Waals surface area contributed by atoms with Gasteiger partial charge in [0.05, 0.1) is 19.8 Å². The molecule has 5 nitrogen and oxygen atoms in total. The van der Waals surface area contributed by atoms with Crippen molar-refractivity contribution in [2.24, 2.45) is 11.8 Å². The largest absolute Gasteiger partial charge is 0.496 e. The Morgan fingerprint density at radius 3 is 2.25 bits per heavy atom. The molecule has 0 saturated heterocycles. The number of aromatic nitrogens is 2. The summed E-state index contributed by atoms with van der Waals surface area (Å²) < 4.78 is 13.9. The number of ether oxygens (including phenoxy) is 2. The van der Waals surface area contributed by atoms with Crippen molar-refractivity contribution in [3.05, 3.63) is 36.0 Å². The highest BCUT2D eigenvalue weighted by Crippen LogP contribution is 2.44. The van der Waals surface area contributed by atoms with Crippen LogP contribution in [0, 0.1) is 18.8 Å². The van der Waals surface area contributed by atoms with E-state index in [1.54, 1.807) is 26.0 Å². The fourth-order valence-electron chi connectivity index (χ4n) is 4.81. The maximum absolute atomic E-state index is 5.79. The molecular formula is C26H33N3O2S. The van der Waals surface area contributed by atoms with Crippen LogP contribution in [0.15, 0.2) is 35.5 Å². The number of pyridine rings is 1. The van der Waals surface area contributed by atoms with Crippen molar-refractivity contribution in [3.63, 3.8) is 0 Å². The van der Waals surface area contributed by atoms with Gasteiger partial charge in [0.1, 0.15) is 28.0 Å². The molecule has 3 aromatic rings. The molecule has 0 N–H and O–H groups in total. The van der Waals surface area contributed by atoms with Gasteiger partial charge in [-0.05, 0) is 80.5 Å². The van der Waals surface area contributed by atoms with Crippen LogP contribution < -0.4 is 14.4 Å². The molecule has 0 aliphatic heterocycles. The Morgan fingerprint density at radius 2 is 1.72 bits per heavy atom. The molecule has 0 spiro atoms. The van der Waals surface area contributed by atoms with Crippen molar-refractivity contribution in [3.8, 4) is 22.6 Å². The molecule has 170 valence electrons. The summed E-state index contributed by atoms with van der Waals surface area (Å²) in [5.74, 6) is 4.52. The Balaban J connectivity index is 1.67. The van der Waals surface area contributed by atoms with Crippen molar-refractivity contribution in [2.45, 2.75) is 44.1 Å². The van der Waals surface area contributed by atoms with Crippen LogP contribution in [0.4, 0.5) is 5.82 Å². The predicted molar refractivity (Wildman–Crippen MR) is 133 cm³/mol. The van der Waals surface area contributed by atoms with E-state index in [1.807, 2.05) is 0 Å². The molecule has 2 saturated carbocycles. The van der Waals surface area contributed by atoms with E-state index in [2.05, 4.69) is 52.9 Å². The van der Waals surface area contributed by atoms with Crippen LogP contribution in [0.5, 0.6) is 11.5 Å². The highest BCUT2D eigenvalue weighted by molar-refractivity contribution is 7.98. The van der Waals surface area contributed by atoms with Gasteiger partial charge < -0.3 is 14.4 Å². The summed E-state index contributed by atoms with van der Waals surface area (Å²) in [6, 6.07) is 8.38. The maximum Gasteiger partial charge on any atom is 0.147 e. The summed E-state index contributed by atoms with van der Waals surface area (Å²) in [5.41, 5.74) is 4.07. The first-order chi connectivity index (χ1) is 15.6. The molecule has 2 fully saturated rings. The van der Waals surface area contributed by atoms with Gasteiger partial charge in [-0.2, -0.15) is 0 Å². The van der Waals surface area contributed by atoms with Gasteiger partial charge in [0, 0.05) is 24.8 Å². The average Bonchev–Trinajstić information content (AvgIpc) is 3.51. The quantitative estimate of drug-likeness (QED) is 0.370. The number of rotatable bonds is 9. The molecule has 0 radical (unpaired) electrons. The first kappa shape index (κ1) is 21.5. The van der Waals surface area contributed by atoms with Gasteiger partial charge in [-0.3, -0.25) is 4.40 Å². The van der Waals surface area contributed by atoms with Crippen LogP contribution in [0.25, 0.3) is 16.8 Å². The molecule has 0 unspecified atom stereocenters. The Kier molecular flexibility index (Phi) is 5.97. The third-order valence-electron chi connectivity index (χ3n) is 6.89. The zero-order valence-electron chi connectivity index (χ0n) is 19.6. The number of hydrogen-bond acceptors (Lipinski definition) is 5. The highest BCUT2D eigenvalue weighted by Gasteiger charge is 2.31. The van der Waals surface area contributed by atoms with Crippen molar-refractivity contribution in [1.29, 1.82) is 0 Å². The lowest BCUT2D eigenvalue weighted by molar-refractivity contribution is 0.315. The molecule has 0 atom stereocenters. The number of fused-ring (bicyclic) bond motifs is 1. The van der Waals surface area contributed by atoms with E-state index >= 15 is 0 Å². The van der Waals surface area contributed by atoms with Crippen molar-refractivity contribution in [1.82, 2.24) is 9.38 Å². The molecule has 6 heteroatoms. The van der Waals surface area contributed by atoms with Gasteiger partial charge >= 0.3 is 0 Å². The Labute approximate surface area is 195 Å². The smallest absolute Gasteiger partial charge is 0.147 e. The number of methoxy groups -OCH3 is 2. The fraction of sp³-hybridized carbons (Fsp3) is 0.500. The van der Waals surface area contributed by atoms with Gasteiger partial charge in [-0.15, -0.1) is 11.8 Å². The second kappa shape index (κ2) is 8.89. The molecule has 2 aromatic heterocycles. The number of thioether (sulfide) groups is 1. The normalized spacial score (nSPS) is 16.2. The summed E-state index contributed by atoms with van der Waals surface area (Å²) in [5, 5.41) is 1.10. The van der Waals surface area contributed by atoms with E-state index in [0.29, 0.717) is 0 Å². The summed E-state index contributed by atoms with van der Waals surface area (Å²) in [6.45, 7) is 4.34. The topological polar surface area (TPSA) is 39.0 Å². The summed E-state index contributed by atoms with van der Waals surface area (Å²) in [6.07, 6.45) is 11.1. The molecule has 2 aliphatic carbocycles. The second-order valence-corrected chi connectivity index (χ2v) is 10.0. The molecule has 1 aromatic carbocycles. The van der Waals surface area contributed by atoms with E-state index in [0.717, 1.165) is 63.8 Å². The minimum atomic E-state index is 0.814. The average molecular weight is 452 g/mol. The molecule has 0 amide bonds. The van der Waals surface area contributed by atoms with Gasteiger partial charge in [0.15, 0.2) is 0 Å². The molecule has 32 heavy (non-hydrogen) atoms. The van der Waals surface area contributed by atoms with E-state index in [9.17, 15) is 0 Å². The van der Waals surface area contributed by atoms with Crippen LogP contribution in [0.2, 0.25) is 0 Å². The SMILES string of the molecule is COc1cc(C)cc(OC)c1-c1cccn2c(N(CC3CCC3)CC3CC3)c(SC)nc12. The minimum Gasteiger partial charge on any atom is -0.496 e. The minimum absolute atomic E-state index is 0.814. The Bertz CT molecular complexity index is 1090. The Hall–Kier alpha value is -2.34. The standard InChI is InChI=1S/C26H33N3O2S/c1-17-13-21(30-2)23(22(14-17)31-3)20-9-6-12-29-24(20)27-25(32-4)26(29)28(16-19-10-11-19)15-18-7-5-8-18/h6,9,12-14,18-19H,5,7-8,10-11,15-16H2,1-4H3. The summed E-state index contributed by atoms with van der Waals surface area (Å²) >= 11 is 1.74. The third kappa shape index (κ3) is 3.94. The van der Waals surface area contributed by atoms with Crippen LogP contribution in [0.1, 0.15) is 37.7 Å². The zero-order valence-corrected chi connectivity index (χ0v) is 20.4.